The predicted octanol–water partition coefficient (Wildman–Crippen LogP) is 4.15. The topological polar surface area (TPSA) is 15.3 Å². The number of nitrogens with zero attached hydrogens (tertiary/aromatic N) is 1. The van der Waals surface area contributed by atoms with Gasteiger partial charge in [0.25, 0.3) is 0 Å². The molecular formula is C17H28N2. The van der Waals surface area contributed by atoms with E-state index in [9.17, 15) is 0 Å². The van der Waals surface area contributed by atoms with Gasteiger partial charge in [0.2, 0.25) is 0 Å². The molecule has 106 valence electrons. The molecule has 1 rings (SSSR count). The highest BCUT2D eigenvalue weighted by atomic mass is 15.1. The molecule has 2 nitrogen and oxygen atoms in total. The molecule has 1 aromatic carbocycles. The van der Waals surface area contributed by atoms with Crippen LogP contribution in [0.15, 0.2) is 36.4 Å². The number of hydrogen-bond donors (Lipinski definition) is 1. The Balaban J connectivity index is 2.74. The summed E-state index contributed by atoms with van der Waals surface area (Å²) < 4.78 is 0. The molecule has 1 atom stereocenters. The van der Waals surface area contributed by atoms with Gasteiger partial charge < -0.3 is 10.2 Å². The van der Waals surface area contributed by atoms with E-state index in [1.165, 1.54) is 23.2 Å². The Bertz CT molecular complexity index is 379. The van der Waals surface area contributed by atoms with Crippen molar-refractivity contribution in [2.24, 2.45) is 0 Å². The quantitative estimate of drug-likeness (QED) is 0.706. The molecule has 0 heterocycles. The molecule has 0 saturated carbocycles. The molecule has 0 aromatic heterocycles. The predicted molar refractivity (Wildman–Crippen MR) is 85.9 cm³/mol. The maximum absolute atomic E-state index is 4.00. The summed E-state index contributed by atoms with van der Waals surface area (Å²) in [5, 5.41) is 3.64. The molecule has 0 fully saturated rings. The molecule has 0 aliphatic carbocycles. The van der Waals surface area contributed by atoms with Crippen molar-refractivity contribution >= 4 is 5.69 Å². The van der Waals surface area contributed by atoms with Gasteiger partial charge in [0.1, 0.15) is 0 Å². The minimum Gasteiger partial charge on any atom is -0.378 e. The van der Waals surface area contributed by atoms with E-state index in [-0.39, 0.29) is 0 Å². The van der Waals surface area contributed by atoms with E-state index in [4.69, 9.17) is 0 Å². The summed E-state index contributed by atoms with van der Waals surface area (Å²) in [5.74, 6) is 0. The third-order valence-electron chi connectivity index (χ3n) is 3.31. The summed E-state index contributed by atoms with van der Waals surface area (Å²) in [7, 11) is 4.14. The average Bonchev–Trinajstić information content (AvgIpc) is 2.39. The molecule has 19 heavy (non-hydrogen) atoms. The van der Waals surface area contributed by atoms with Crippen molar-refractivity contribution in [3.63, 3.8) is 0 Å². The van der Waals surface area contributed by atoms with Gasteiger partial charge in [-0.3, -0.25) is 0 Å². The van der Waals surface area contributed by atoms with Crippen LogP contribution in [-0.4, -0.2) is 20.6 Å². The van der Waals surface area contributed by atoms with Gasteiger partial charge in [-0.15, -0.1) is 6.58 Å². The first kappa shape index (κ1) is 15.8. The number of nitrogens with one attached hydrogen (secondary N) is 1. The monoisotopic (exact) mass is 260 g/mol. The molecular weight excluding hydrogens is 232 g/mol. The van der Waals surface area contributed by atoms with Crippen molar-refractivity contribution in [3.8, 4) is 0 Å². The van der Waals surface area contributed by atoms with Gasteiger partial charge in [0.05, 0.1) is 0 Å². The number of allylic oxidation sites excluding steroid dienone is 1. The fraction of sp³-hybridized carbons (Fsp3) is 0.529. The van der Waals surface area contributed by atoms with Crippen LogP contribution in [0.2, 0.25) is 0 Å². The van der Waals surface area contributed by atoms with E-state index in [1.807, 2.05) is 0 Å². The normalized spacial score (nSPS) is 12.2. The van der Waals surface area contributed by atoms with Crippen LogP contribution in [0, 0.1) is 0 Å². The van der Waals surface area contributed by atoms with Gasteiger partial charge in [0, 0.05) is 25.8 Å². The zero-order valence-electron chi connectivity index (χ0n) is 12.9. The third kappa shape index (κ3) is 5.48. The second kappa shape index (κ2) is 8.00. The molecule has 0 radical (unpaired) electrons. The van der Waals surface area contributed by atoms with Crippen LogP contribution < -0.4 is 10.2 Å². The summed E-state index contributed by atoms with van der Waals surface area (Å²) in [5.41, 5.74) is 3.88. The van der Waals surface area contributed by atoms with Crippen molar-refractivity contribution in [1.82, 2.24) is 5.32 Å². The molecule has 0 amide bonds. The van der Waals surface area contributed by atoms with Crippen molar-refractivity contribution in [3.05, 3.63) is 42.0 Å². The van der Waals surface area contributed by atoms with Gasteiger partial charge >= 0.3 is 0 Å². The van der Waals surface area contributed by atoms with Crippen LogP contribution in [0.3, 0.4) is 0 Å². The van der Waals surface area contributed by atoms with Gasteiger partial charge in [-0.25, -0.2) is 0 Å². The second-order valence-electron chi connectivity index (χ2n) is 5.49. The van der Waals surface area contributed by atoms with Crippen LogP contribution in [0.1, 0.15) is 44.7 Å². The van der Waals surface area contributed by atoms with Crippen molar-refractivity contribution in [2.45, 2.75) is 39.2 Å². The lowest BCUT2D eigenvalue weighted by atomic mass is 9.99. The Morgan fingerprint density at radius 1 is 1.26 bits per heavy atom. The van der Waals surface area contributed by atoms with E-state index < -0.39 is 0 Å². The number of hydrogen-bond acceptors (Lipinski definition) is 2. The highest BCUT2D eigenvalue weighted by Crippen LogP contribution is 2.23. The highest BCUT2D eigenvalue weighted by molar-refractivity contribution is 5.46. The van der Waals surface area contributed by atoms with Gasteiger partial charge in [-0.2, -0.15) is 0 Å². The van der Waals surface area contributed by atoms with Crippen molar-refractivity contribution < 1.29 is 0 Å². The van der Waals surface area contributed by atoms with E-state index >= 15 is 0 Å². The van der Waals surface area contributed by atoms with E-state index in [1.54, 1.807) is 0 Å². The fourth-order valence-electron chi connectivity index (χ4n) is 2.10. The standard InChI is InChI=1S/C17H28N2/c1-6-13-18-17(12-7-14(2)3)15-8-10-16(11-9-15)19(4)5/h8-11,17-18H,2,6-7,12-13H2,1,3-5H3. The summed E-state index contributed by atoms with van der Waals surface area (Å²) in [6.45, 7) is 9.38. The summed E-state index contributed by atoms with van der Waals surface area (Å²) in [6.07, 6.45) is 3.37. The third-order valence-corrected chi connectivity index (χ3v) is 3.31. The van der Waals surface area contributed by atoms with Crippen LogP contribution in [0.4, 0.5) is 5.69 Å². The van der Waals surface area contributed by atoms with Crippen LogP contribution in [0.5, 0.6) is 0 Å². The first-order valence-electron chi connectivity index (χ1n) is 7.19. The van der Waals surface area contributed by atoms with E-state index in [0.717, 1.165) is 19.4 Å². The molecule has 0 saturated heterocycles. The van der Waals surface area contributed by atoms with Crippen molar-refractivity contribution in [1.29, 1.82) is 0 Å². The second-order valence-corrected chi connectivity index (χ2v) is 5.49. The van der Waals surface area contributed by atoms with Crippen LogP contribution in [0.25, 0.3) is 0 Å². The maximum atomic E-state index is 4.00. The van der Waals surface area contributed by atoms with E-state index in [0.29, 0.717) is 6.04 Å². The number of anilines is 1. The summed E-state index contributed by atoms with van der Waals surface area (Å²) in [4.78, 5) is 2.13. The molecule has 0 spiro atoms. The van der Waals surface area contributed by atoms with Crippen LogP contribution in [-0.2, 0) is 0 Å². The molecule has 1 N–H and O–H groups in total. The minimum absolute atomic E-state index is 0.438. The number of benzene rings is 1. The molecule has 0 aliphatic heterocycles. The Labute approximate surface area is 118 Å². The highest BCUT2D eigenvalue weighted by Gasteiger charge is 2.10. The maximum Gasteiger partial charge on any atom is 0.0361 e. The van der Waals surface area contributed by atoms with E-state index in [2.05, 4.69) is 69.0 Å². The Morgan fingerprint density at radius 3 is 2.37 bits per heavy atom. The lowest BCUT2D eigenvalue weighted by Crippen LogP contribution is -2.22. The first-order valence-corrected chi connectivity index (χ1v) is 7.19. The SMILES string of the molecule is C=C(C)CCC(NCCC)c1ccc(N(C)C)cc1. The lowest BCUT2D eigenvalue weighted by Gasteiger charge is -2.20. The van der Waals surface area contributed by atoms with Crippen LogP contribution >= 0.6 is 0 Å². The Kier molecular flexibility index (Phi) is 6.65. The van der Waals surface area contributed by atoms with Crippen molar-refractivity contribution in [2.75, 3.05) is 25.5 Å². The Hall–Kier alpha value is -1.28. The average molecular weight is 260 g/mol. The van der Waals surface area contributed by atoms with Gasteiger partial charge in [0.15, 0.2) is 0 Å². The summed E-state index contributed by atoms with van der Waals surface area (Å²) >= 11 is 0. The van der Waals surface area contributed by atoms with Gasteiger partial charge in [-0.05, 0) is 50.4 Å². The zero-order valence-corrected chi connectivity index (χ0v) is 12.9. The molecule has 0 bridgehead atoms. The number of rotatable bonds is 8. The molecule has 1 aromatic rings. The van der Waals surface area contributed by atoms with Gasteiger partial charge in [-0.1, -0.05) is 24.6 Å². The molecule has 2 heteroatoms. The fourth-order valence-corrected chi connectivity index (χ4v) is 2.10. The zero-order chi connectivity index (χ0) is 14.3. The lowest BCUT2D eigenvalue weighted by molar-refractivity contribution is 0.499. The minimum atomic E-state index is 0.438. The summed E-state index contributed by atoms with van der Waals surface area (Å²) in [6, 6.07) is 9.29. The first-order chi connectivity index (χ1) is 9.04. The molecule has 1 unspecified atom stereocenters. The molecule has 0 aliphatic rings. The smallest absolute Gasteiger partial charge is 0.0361 e. The Morgan fingerprint density at radius 2 is 1.89 bits per heavy atom. The largest absolute Gasteiger partial charge is 0.378 e.